The first kappa shape index (κ1) is 14.7. The standard InChI is InChI=1S/C10H18N2O6/c1-10(2)6-12(3-7(4-13)18-10)9(16)11-17-5-8(14)15/h7,13H,3-6H2,1-2H3,(H,11,16)(H,14,15). The molecule has 8 nitrogen and oxygen atoms in total. The summed E-state index contributed by atoms with van der Waals surface area (Å²) in [6.07, 6.45) is -0.459. The lowest BCUT2D eigenvalue weighted by molar-refractivity contribution is -0.147. The fourth-order valence-electron chi connectivity index (χ4n) is 1.77. The second kappa shape index (κ2) is 5.98. The first-order chi connectivity index (χ1) is 8.34. The number of ether oxygens (including phenoxy) is 1. The predicted molar refractivity (Wildman–Crippen MR) is 59.7 cm³/mol. The average Bonchev–Trinajstić information content (AvgIpc) is 2.26. The summed E-state index contributed by atoms with van der Waals surface area (Å²) in [6.45, 7) is 3.35. The van der Waals surface area contributed by atoms with E-state index in [4.69, 9.17) is 14.9 Å². The number of aliphatic hydroxyl groups is 1. The first-order valence-corrected chi connectivity index (χ1v) is 5.51. The maximum Gasteiger partial charge on any atom is 0.341 e. The number of hydrogen-bond donors (Lipinski definition) is 3. The minimum atomic E-state index is -1.18. The molecule has 2 amide bonds. The number of carbonyl (C=O) groups excluding carboxylic acids is 1. The molecule has 0 radical (unpaired) electrons. The van der Waals surface area contributed by atoms with Crippen LogP contribution in [0, 0.1) is 0 Å². The van der Waals surface area contributed by atoms with Gasteiger partial charge in [0.2, 0.25) is 0 Å². The van der Waals surface area contributed by atoms with Crippen molar-refractivity contribution in [3.63, 3.8) is 0 Å². The Balaban J connectivity index is 2.48. The highest BCUT2D eigenvalue weighted by atomic mass is 16.7. The van der Waals surface area contributed by atoms with Crippen molar-refractivity contribution in [1.29, 1.82) is 0 Å². The van der Waals surface area contributed by atoms with Crippen LogP contribution in [0.2, 0.25) is 0 Å². The Hall–Kier alpha value is -1.38. The lowest BCUT2D eigenvalue weighted by Crippen LogP contribution is -2.57. The number of morpholine rings is 1. The second-order valence-corrected chi connectivity index (χ2v) is 4.65. The number of rotatable bonds is 4. The summed E-state index contributed by atoms with van der Waals surface area (Å²) in [4.78, 5) is 27.8. The molecule has 0 aromatic rings. The Bertz CT molecular complexity index is 319. The van der Waals surface area contributed by atoms with Gasteiger partial charge in [-0.15, -0.1) is 0 Å². The maximum atomic E-state index is 11.7. The van der Waals surface area contributed by atoms with Crippen LogP contribution in [-0.2, 0) is 14.4 Å². The maximum absolute atomic E-state index is 11.7. The molecule has 0 aromatic carbocycles. The van der Waals surface area contributed by atoms with Crippen molar-refractivity contribution in [3.05, 3.63) is 0 Å². The Kier molecular flexibility index (Phi) is 4.88. The highest BCUT2D eigenvalue weighted by Gasteiger charge is 2.35. The van der Waals surface area contributed by atoms with Crippen LogP contribution in [0.5, 0.6) is 0 Å². The van der Waals surface area contributed by atoms with Gasteiger partial charge < -0.3 is 19.8 Å². The van der Waals surface area contributed by atoms with Gasteiger partial charge >= 0.3 is 12.0 Å². The normalized spacial score (nSPS) is 22.6. The van der Waals surface area contributed by atoms with E-state index in [1.54, 1.807) is 13.8 Å². The summed E-state index contributed by atoms with van der Waals surface area (Å²) in [5.74, 6) is -1.18. The smallest absolute Gasteiger partial charge is 0.341 e. The van der Waals surface area contributed by atoms with E-state index in [-0.39, 0.29) is 13.2 Å². The van der Waals surface area contributed by atoms with Crippen LogP contribution in [0.15, 0.2) is 0 Å². The largest absolute Gasteiger partial charge is 0.479 e. The summed E-state index contributed by atoms with van der Waals surface area (Å²) in [6, 6.07) is -0.550. The fourth-order valence-corrected chi connectivity index (χ4v) is 1.77. The Morgan fingerprint density at radius 1 is 1.56 bits per heavy atom. The number of carbonyl (C=O) groups is 2. The molecule has 1 unspecified atom stereocenters. The van der Waals surface area contributed by atoms with Crippen molar-refractivity contribution in [1.82, 2.24) is 10.4 Å². The van der Waals surface area contributed by atoms with E-state index in [0.29, 0.717) is 6.54 Å². The zero-order valence-electron chi connectivity index (χ0n) is 10.4. The van der Waals surface area contributed by atoms with Gasteiger partial charge in [0.05, 0.1) is 31.4 Å². The van der Waals surface area contributed by atoms with Gasteiger partial charge in [0.25, 0.3) is 0 Å². The third-order valence-corrected chi connectivity index (χ3v) is 2.33. The van der Waals surface area contributed by atoms with E-state index in [1.807, 2.05) is 5.48 Å². The van der Waals surface area contributed by atoms with Crippen molar-refractivity contribution in [3.8, 4) is 0 Å². The molecule has 1 rings (SSSR count). The van der Waals surface area contributed by atoms with Gasteiger partial charge in [0.1, 0.15) is 0 Å². The van der Waals surface area contributed by atoms with Gasteiger partial charge in [-0.05, 0) is 13.8 Å². The minimum Gasteiger partial charge on any atom is -0.479 e. The van der Waals surface area contributed by atoms with Gasteiger partial charge in [0, 0.05) is 0 Å². The molecule has 0 saturated carbocycles. The number of aliphatic hydroxyl groups excluding tert-OH is 1. The van der Waals surface area contributed by atoms with E-state index in [0.717, 1.165) is 0 Å². The number of urea groups is 1. The number of nitrogens with one attached hydrogen (secondary N) is 1. The molecule has 1 heterocycles. The molecule has 0 bridgehead atoms. The molecule has 8 heteroatoms. The van der Waals surface area contributed by atoms with Crippen LogP contribution in [0.3, 0.4) is 0 Å². The lowest BCUT2D eigenvalue weighted by Gasteiger charge is -2.41. The van der Waals surface area contributed by atoms with E-state index >= 15 is 0 Å². The summed E-state index contributed by atoms with van der Waals surface area (Å²) in [5, 5.41) is 17.4. The van der Waals surface area contributed by atoms with E-state index in [1.165, 1.54) is 4.90 Å². The van der Waals surface area contributed by atoms with Crippen molar-refractivity contribution >= 4 is 12.0 Å². The van der Waals surface area contributed by atoms with Crippen LogP contribution in [0.25, 0.3) is 0 Å². The summed E-state index contributed by atoms with van der Waals surface area (Å²) < 4.78 is 5.54. The Morgan fingerprint density at radius 3 is 2.78 bits per heavy atom. The Labute approximate surface area is 104 Å². The average molecular weight is 262 g/mol. The van der Waals surface area contributed by atoms with Crippen LogP contribution in [0.1, 0.15) is 13.8 Å². The van der Waals surface area contributed by atoms with E-state index in [9.17, 15) is 9.59 Å². The van der Waals surface area contributed by atoms with Crippen molar-refractivity contribution in [2.24, 2.45) is 0 Å². The number of carboxylic acid groups (broad SMARTS) is 1. The summed E-state index contributed by atoms with van der Waals surface area (Å²) in [5.41, 5.74) is 1.46. The van der Waals surface area contributed by atoms with E-state index in [2.05, 4.69) is 4.84 Å². The number of hydroxylamine groups is 1. The van der Waals surface area contributed by atoms with Crippen molar-refractivity contribution in [2.75, 3.05) is 26.3 Å². The number of nitrogens with zero attached hydrogens (tertiary/aromatic N) is 1. The number of aliphatic carboxylic acids is 1. The first-order valence-electron chi connectivity index (χ1n) is 5.51. The zero-order valence-corrected chi connectivity index (χ0v) is 10.4. The van der Waals surface area contributed by atoms with Crippen molar-refractivity contribution in [2.45, 2.75) is 25.6 Å². The van der Waals surface area contributed by atoms with Crippen LogP contribution >= 0.6 is 0 Å². The van der Waals surface area contributed by atoms with Gasteiger partial charge in [-0.3, -0.25) is 4.84 Å². The van der Waals surface area contributed by atoms with Gasteiger partial charge in [-0.2, -0.15) is 0 Å². The molecule has 1 aliphatic rings. The SMILES string of the molecule is CC1(C)CN(C(=O)NOCC(=O)O)CC(CO)O1. The van der Waals surface area contributed by atoms with Crippen molar-refractivity contribution < 1.29 is 29.4 Å². The van der Waals surface area contributed by atoms with Gasteiger partial charge in [-0.25, -0.2) is 15.1 Å². The quantitative estimate of drug-likeness (QED) is 0.571. The molecule has 104 valence electrons. The monoisotopic (exact) mass is 262 g/mol. The third-order valence-electron chi connectivity index (χ3n) is 2.33. The highest BCUT2D eigenvalue weighted by Crippen LogP contribution is 2.20. The topological polar surface area (TPSA) is 108 Å². The number of hydrogen-bond acceptors (Lipinski definition) is 5. The molecule has 3 N–H and O–H groups in total. The highest BCUT2D eigenvalue weighted by molar-refractivity contribution is 5.74. The molecule has 1 aliphatic heterocycles. The Morgan fingerprint density at radius 2 is 2.22 bits per heavy atom. The van der Waals surface area contributed by atoms with E-state index < -0.39 is 30.3 Å². The molecule has 1 atom stereocenters. The number of amides is 2. The molecule has 18 heavy (non-hydrogen) atoms. The minimum absolute atomic E-state index is 0.191. The fraction of sp³-hybridized carbons (Fsp3) is 0.800. The lowest BCUT2D eigenvalue weighted by atomic mass is 10.1. The van der Waals surface area contributed by atoms with Gasteiger partial charge in [0.15, 0.2) is 6.61 Å². The second-order valence-electron chi connectivity index (χ2n) is 4.65. The number of carboxylic acids is 1. The molecule has 1 saturated heterocycles. The van der Waals surface area contributed by atoms with Crippen LogP contribution in [0.4, 0.5) is 4.79 Å². The van der Waals surface area contributed by atoms with Crippen LogP contribution in [-0.4, -0.2) is 65.1 Å². The molecule has 0 aliphatic carbocycles. The zero-order chi connectivity index (χ0) is 13.8. The van der Waals surface area contributed by atoms with Crippen LogP contribution < -0.4 is 5.48 Å². The molecule has 0 aromatic heterocycles. The third kappa shape index (κ3) is 4.47. The molecule has 0 spiro atoms. The summed E-state index contributed by atoms with van der Waals surface area (Å²) >= 11 is 0. The summed E-state index contributed by atoms with van der Waals surface area (Å²) in [7, 11) is 0. The molecular formula is C10H18N2O6. The van der Waals surface area contributed by atoms with Gasteiger partial charge in [-0.1, -0.05) is 0 Å². The molecular weight excluding hydrogens is 244 g/mol. The predicted octanol–water partition coefficient (Wildman–Crippen LogP) is -0.816. The molecule has 1 fully saturated rings.